The van der Waals surface area contributed by atoms with E-state index in [0.717, 1.165) is 53.9 Å². The average Bonchev–Trinajstić information content (AvgIpc) is 3.39. The molecule has 0 radical (unpaired) electrons. The number of likely N-dealkylation sites (tertiary alicyclic amines) is 1. The van der Waals surface area contributed by atoms with Crippen molar-refractivity contribution in [2.75, 3.05) is 26.7 Å². The molecule has 6 heteroatoms. The molecule has 1 aliphatic carbocycles. The van der Waals surface area contributed by atoms with Crippen LogP contribution >= 0.6 is 0 Å². The van der Waals surface area contributed by atoms with Gasteiger partial charge in [0.05, 0.1) is 12.5 Å². The van der Waals surface area contributed by atoms with Crippen molar-refractivity contribution < 1.29 is 23.8 Å². The number of carbonyl (C=O) groups is 1. The van der Waals surface area contributed by atoms with Gasteiger partial charge in [0.1, 0.15) is 23.9 Å². The Kier molecular flexibility index (Phi) is 5.44. The first-order valence-electron chi connectivity index (χ1n) is 11.6. The summed E-state index contributed by atoms with van der Waals surface area (Å²) in [5, 5.41) is 9.85. The topological polar surface area (TPSA) is 59.0 Å². The number of nitrogens with zero attached hydrogens (tertiary/aromatic N) is 1. The van der Waals surface area contributed by atoms with E-state index in [1.807, 2.05) is 32.0 Å². The largest absolute Gasteiger partial charge is 0.497 e. The van der Waals surface area contributed by atoms with Crippen LogP contribution in [0.25, 0.3) is 5.57 Å². The minimum atomic E-state index is -0.681. The third kappa shape index (κ3) is 3.61. The molecule has 33 heavy (non-hydrogen) atoms. The minimum Gasteiger partial charge on any atom is -0.497 e. The molecule has 2 unspecified atom stereocenters. The molecule has 1 saturated heterocycles. The number of methoxy groups -OCH3 is 1. The van der Waals surface area contributed by atoms with E-state index in [1.165, 1.54) is 11.6 Å². The summed E-state index contributed by atoms with van der Waals surface area (Å²) in [7, 11) is 1.64. The fourth-order valence-corrected chi connectivity index (χ4v) is 5.77. The normalized spacial score (nSPS) is 26.7. The maximum absolute atomic E-state index is 14.3. The molecule has 2 atom stereocenters. The zero-order chi connectivity index (χ0) is 23.3. The van der Waals surface area contributed by atoms with E-state index in [0.29, 0.717) is 18.9 Å². The lowest BCUT2D eigenvalue weighted by molar-refractivity contribution is -0.145. The maximum Gasteiger partial charge on any atom is 0.311 e. The molecular weight excluding hydrogens is 421 g/mol. The van der Waals surface area contributed by atoms with Crippen molar-refractivity contribution in [3.8, 4) is 11.5 Å². The molecule has 2 fully saturated rings. The molecule has 3 aliphatic rings. The predicted molar refractivity (Wildman–Crippen MR) is 124 cm³/mol. The lowest BCUT2D eigenvalue weighted by Gasteiger charge is -2.32. The van der Waals surface area contributed by atoms with Crippen molar-refractivity contribution in [2.45, 2.75) is 33.3 Å². The smallest absolute Gasteiger partial charge is 0.311 e. The number of hydrogen-bond donors (Lipinski definition) is 1. The van der Waals surface area contributed by atoms with Gasteiger partial charge in [-0.2, -0.15) is 0 Å². The van der Waals surface area contributed by atoms with Gasteiger partial charge in [-0.15, -0.1) is 0 Å². The van der Waals surface area contributed by atoms with E-state index >= 15 is 0 Å². The van der Waals surface area contributed by atoms with Crippen LogP contribution in [0, 0.1) is 23.1 Å². The third-order valence-corrected chi connectivity index (χ3v) is 8.14. The number of ether oxygens (including phenoxy) is 2. The summed E-state index contributed by atoms with van der Waals surface area (Å²) in [5.74, 6) is 0.878. The van der Waals surface area contributed by atoms with Crippen molar-refractivity contribution in [2.24, 2.45) is 17.3 Å². The molecule has 2 aromatic rings. The summed E-state index contributed by atoms with van der Waals surface area (Å²) in [6, 6.07) is 10.7. The zero-order valence-corrected chi connectivity index (χ0v) is 19.4. The van der Waals surface area contributed by atoms with E-state index in [9.17, 15) is 14.3 Å². The van der Waals surface area contributed by atoms with Gasteiger partial charge < -0.3 is 19.5 Å². The second-order valence-electron chi connectivity index (χ2n) is 9.63. The molecule has 1 N–H and O–H groups in total. The summed E-state index contributed by atoms with van der Waals surface area (Å²) < 4.78 is 25.8. The van der Waals surface area contributed by atoms with Gasteiger partial charge >= 0.3 is 5.97 Å². The summed E-state index contributed by atoms with van der Waals surface area (Å²) in [6.45, 7) is 6.66. The van der Waals surface area contributed by atoms with Crippen LogP contribution < -0.4 is 9.47 Å². The van der Waals surface area contributed by atoms with Crippen LogP contribution in [0.1, 0.15) is 43.4 Å². The van der Waals surface area contributed by atoms with Crippen LogP contribution in [-0.4, -0.2) is 42.7 Å². The van der Waals surface area contributed by atoms with Crippen molar-refractivity contribution in [3.05, 3.63) is 64.5 Å². The Bertz CT molecular complexity index is 1120. The van der Waals surface area contributed by atoms with Crippen molar-refractivity contribution >= 4 is 11.5 Å². The Morgan fingerprint density at radius 3 is 2.52 bits per heavy atom. The number of benzene rings is 2. The second-order valence-corrected chi connectivity index (χ2v) is 9.63. The van der Waals surface area contributed by atoms with E-state index in [2.05, 4.69) is 4.90 Å². The molecule has 174 valence electrons. The quantitative estimate of drug-likeness (QED) is 0.710. The highest BCUT2D eigenvalue weighted by molar-refractivity contribution is 5.87. The molecule has 2 heterocycles. The van der Waals surface area contributed by atoms with Gasteiger partial charge in [0.2, 0.25) is 0 Å². The summed E-state index contributed by atoms with van der Waals surface area (Å²) in [5.41, 5.74) is 4.53. The Labute approximate surface area is 193 Å². The molecule has 5 nitrogen and oxygen atoms in total. The predicted octanol–water partition coefficient (Wildman–Crippen LogP) is 4.98. The fraction of sp³-hybridized carbons (Fsp3) is 0.444. The summed E-state index contributed by atoms with van der Waals surface area (Å²) in [6.07, 6.45) is 1.63. The number of carboxylic acid groups (broad SMARTS) is 1. The highest BCUT2D eigenvalue weighted by atomic mass is 19.1. The van der Waals surface area contributed by atoms with Gasteiger partial charge in [-0.05, 0) is 66.1 Å². The number of aliphatic carboxylic acids is 1. The summed E-state index contributed by atoms with van der Waals surface area (Å²) in [4.78, 5) is 14.3. The van der Waals surface area contributed by atoms with Crippen LogP contribution in [0.3, 0.4) is 0 Å². The molecular formula is C27H30FNO4. The second kappa shape index (κ2) is 8.17. The van der Waals surface area contributed by atoms with Crippen molar-refractivity contribution in [3.63, 3.8) is 0 Å². The molecule has 5 rings (SSSR count). The molecule has 0 bridgehead atoms. The summed E-state index contributed by atoms with van der Waals surface area (Å²) >= 11 is 0. The number of hydrogen-bond acceptors (Lipinski definition) is 4. The Balaban J connectivity index is 1.49. The molecule has 2 aliphatic heterocycles. The monoisotopic (exact) mass is 451 g/mol. The van der Waals surface area contributed by atoms with Gasteiger partial charge in [0, 0.05) is 30.8 Å². The number of piperidine rings is 1. The Morgan fingerprint density at radius 2 is 1.88 bits per heavy atom. The molecule has 2 aromatic carbocycles. The maximum atomic E-state index is 14.3. The van der Waals surface area contributed by atoms with E-state index in [-0.39, 0.29) is 17.7 Å². The van der Waals surface area contributed by atoms with E-state index in [4.69, 9.17) is 9.47 Å². The SMILES string of the molecule is COc1ccc2c(c1)COc1ccc(F)cc1C2=C1CCN(CC2(C(=O)O)C(C)C2C)CC1. The first-order chi connectivity index (χ1) is 15.8. The van der Waals surface area contributed by atoms with Crippen LogP contribution in [0.15, 0.2) is 42.0 Å². The molecule has 1 saturated carbocycles. The molecule has 0 spiro atoms. The van der Waals surface area contributed by atoms with E-state index < -0.39 is 11.4 Å². The van der Waals surface area contributed by atoms with Gasteiger partial charge in [0.15, 0.2) is 0 Å². The van der Waals surface area contributed by atoms with E-state index in [1.54, 1.807) is 19.2 Å². The number of rotatable bonds is 4. The van der Waals surface area contributed by atoms with Crippen molar-refractivity contribution in [1.29, 1.82) is 0 Å². The Morgan fingerprint density at radius 1 is 1.15 bits per heavy atom. The van der Waals surface area contributed by atoms with Crippen LogP contribution in [-0.2, 0) is 11.4 Å². The number of halogens is 1. The van der Waals surface area contributed by atoms with Gasteiger partial charge in [-0.3, -0.25) is 4.79 Å². The Hall–Kier alpha value is -2.86. The lowest BCUT2D eigenvalue weighted by Crippen LogP contribution is -2.40. The number of fused-ring (bicyclic) bond motifs is 2. The van der Waals surface area contributed by atoms with Gasteiger partial charge in [0.25, 0.3) is 0 Å². The number of carboxylic acids is 1. The average molecular weight is 452 g/mol. The molecule has 0 aromatic heterocycles. The lowest BCUT2D eigenvalue weighted by atomic mass is 9.86. The highest BCUT2D eigenvalue weighted by Gasteiger charge is 2.65. The first kappa shape index (κ1) is 22.0. The van der Waals surface area contributed by atoms with Crippen LogP contribution in [0.5, 0.6) is 11.5 Å². The minimum absolute atomic E-state index is 0.200. The highest BCUT2D eigenvalue weighted by Crippen LogP contribution is 2.59. The fourth-order valence-electron chi connectivity index (χ4n) is 5.77. The standard InChI is InChI=1S/C27H30FNO4/c1-16-17(2)27(16,26(30)31)15-29-10-8-18(9-11-29)25-22-6-5-21(32-3)12-19(22)14-33-24-7-4-20(28)13-23(24)25/h4-7,12-13,16-17H,8-11,14-15H2,1-3H3,(H,30,31). The van der Waals surface area contributed by atoms with Gasteiger partial charge in [-0.1, -0.05) is 25.5 Å². The van der Waals surface area contributed by atoms with Gasteiger partial charge in [-0.25, -0.2) is 4.39 Å². The van der Waals surface area contributed by atoms with Crippen LogP contribution in [0.2, 0.25) is 0 Å². The third-order valence-electron chi connectivity index (χ3n) is 8.14. The van der Waals surface area contributed by atoms with Crippen LogP contribution in [0.4, 0.5) is 4.39 Å². The van der Waals surface area contributed by atoms with Crippen molar-refractivity contribution in [1.82, 2.24) is 4.90 Å². The first-order valence-corrected chi connectivity index (χ1v) is 11.6. The zero-order valence-electron chi connectivity index (χ0n) is 19.4. The molecule has 0 amide bonds.